The number of nitro benzene ring substituents is 1. The highest BCUT2D eigenvalue weighted by Crippen LogP contribution is 2.38. The lowest BCUT2D eigenvalue weighted by Gasteiger charge is -2.11. The summed E-state index contributed by atoms with van der Waals surface area (Å²) in [4.78, 5) is 29.4. The van der Waals surface area contributed by atoms with Gasteiger partial charge in [0.15, 0.2) is 5.75 Å². The standard InChI is InChI=1S/C19H25N5O5/c1-5-6-7-29-18-15(24(26)27)8-13(9-16(18)28-4)11-20-23-19-21-14(12(2)3)10-17(25)22-19/h8-12H,5-7H2,1-4H3,(H2,21,22,23,25)/b20-11-. The number of nitrogens with zero attached hydrogens (tertiary/aromatic N) is 3. The molecule has 0 saturated carbocycles. The number of nitro groups is 1. The van der Waals surface area contributed by atoms with Crippen LogP contribution in [0.25, 0.3) is 0 Å². The van der Waals surface area contributed by atoms with Crippen LogP contribution in [0.2, 0.25) is 0 Å². The van der Waals surface area contributed by atoms with Crippen LogP contribution in [-0.4, -0.2) is 34.8 Å². The predicted molar refractivity (Wildman–Crippen MR) is 110 cm³/mol. The largest absolute Gasteiger partial charge is 0.493 e. The molecular formula is C19H25N5O5. The number of ether oxygens (including phenoxy) is 2. The smallest absolute Gasteiger partial charge is 0.315 e. The molecule has 2 rings (SSSR count). The fraction of sp³-hybridized carbons (Fsp3) is 0.421. The summed E-state index contributed by atoms with van der Waals surface area (Å²) in [6, 6.07) is 4.35. The third-order valence-electron chi connectivity index (χ3n) is 3.96. The van der Waals surface area contributed by atoms with Gasteiger partial charge in [0.1, 0.15) is 0 Å². The number of benzene rings is 1. The highest BCUT2D eigenvalue weighted by molar-refractivity contribution is 5.83. The second kappa shape index (κ2) is 10.2. The van der Waals surface area contributed by atoms with Crippen LogP contribution in [0.3, 0.4) is 0 Å². The molecule has 10 nitrogen and oxygen atoms in total. The van der Waals surface area contributed by atoms with Crippen molar-refractivity contribution in [1.82, 2.24) is 9.97 Å². The Morgan fingerprint density at radius 1 is 1.38 bits per heavy atom. The lowest BCUT2D eigenvalue weighted by molar-refractivity contribution is -0.386. The first-order chi connectivity index (χ1) is 13.8. The van der Waals surface area contributed by atoms with Crippen molar-refractivity contribution in [2.24, 2.45) is 5.10 Å². The molecule has 0 unspecified atom stereocenters. The molecule has 0 aliphatic rings. The Kier molecular flexibility index (Phi) is 7.70. The van der Waals surface area contributed by atoms with Crippen LogP contribution in [0.4, 0.5) is 11.6 Å². The van der Waals surface area contributed by atoms with Crippen LogP contribution < -0.4 is 20.5 Å². The second-order valence-corrected chi connectivity index (χ2v) is 6.57. The monoisotopic (exact) mass is 403 g/mol. The van der Waals surface area contributed by atoms with E-state index in [9.17, 15) is 14.9 Å². The number of methoxy groups -OCH3 is 1. The van der Waals surface area contributed by atoms with Crippen molar-refractivity contribution in [3.05, 3.63) is 49.9 Å². The molecule has 1 heterocycles. The normalized spacial score (nSPS) is 11.1. The average Bonchev–Trinajstić information content (AvgIpc) is 2.67. The lowest BCUT2D eigenvalue weighted by atomic mass is 10.1. The fourth-order valence-electron chi connectivity index (χ4n) is 2.43. The molecule has 2 aromatic rings. The van der Waals surface area contributed by atoms with Crippen molar-refractivity contribution >= 4 is 17.9 Å². The number of hydrazone groups is 1. The Hall–Kier alpha value is -3.43. The van der Waals surface area contributed by atoms with Crippen LogP contribution in [0.15, 0.2) is 28.1 Å². The van der Waals surface area contributed by atoms with E-state index in [1.807, 2.05) is 20.8 Å². The molecule has 2 N–H and O–H groups in total. The quantitative estimate of drug-likeness (QED) is 0.269. The fourth-order valence-corrected chi connectivity index (χ4v) is 2.43. The van der Waals surface area contributed by atoms with Crippen LogP contribution in [0, 0.1) is 10.1 Å². The van der Waals surface area contributed by atoms with Gasteiger partial charge in [-0.15, -0.1) is 0 Å². The minimum absolute atomic E-state index is 0.0778. The van der Waals surface area contributed by atoms with Gasteiger partial charge in [-0.2, -0.15) is 5.10 Å². The molecule has 0 aliphatic carbocycles. The highest BCUT2D eigenvalue weighted by atomic mass is 16.6. The van der Waals surface area contributed by atoms with Crippen molar-refractivity contribution < 1.29 is 14.4 Å². The Bertz CT molecular complexity index is 939. The zero-order chi connectivity index (χ0) is 21.4. The van der Waals surface area contributed by atoms with E-state index < -0.39 is 4.92 Å². The van der Waals surface area contributed by atoms with Gasteiger partial charge < -0.3 is 9.47 Å². The molecule has 0 radical (unpaired) electrons. The molecule has 29 heavy (non-hydrogen) atoms. The first-order valence-electron chi connectivity index (χ1n) is 9.25. The summed E-state index contributed by atoms with van der Waals surface area (Å²) < 4.78 is 10.8. The lowest BCUT2D eigenvalue weighted by Crippen LogP contribution is -2.12. The van der Waals surface area contributed by atoms with Crippen molar-refractivity contribution in [2.45, 2.75) is 39.5 Å². The summed E-state index contributed by atoms with van der Waals surface area (Å²) >= 11 is 0. The third-order valence-corrected chi connectivity index (χ3v) is 3.96. The maximum Gasteiger partial charge on any atom is 0.315 e. The topological polar surface area (TPSA) is 132 Å². The van der Waals surface area contributed by atoms with Crippen LogP contribution >= 0.6 is 0 Å². The number of unbranched alkanes of at least 4 members (excludes halogenated alkanes) is 1. The zero-order valence-corrected chi connectivity index (χ0v) is 16.9. The molecule has 10 heteroatoms. The van der Waals surface area contributed by atoms with E-state index in [0.717, 1.165) is 12.8 Å². The van der Waals surface area contributed by atoms with E-state index in [-0.39, 0.29) is 34.6 Å². The van der Waals surface area contributed by atoms with E-state index in [2.05, 4.69) is 20.5 Å². The van der Waals surface area contributed by atoms with E-state index in [1.165, 1.54) is 25.5 Å². The van der Waals surface area contributed by atoms with E-state index in [0.29, 0.717) is 17.9 Å². The van der Waals surface area contributed by atoms with Crippen molar-refractivity contribution in [2.75, 3.05) is 19.1 Å². The average molecular weight is 403 g/mol. The molecule has 0 aliphatic heterocycles. The van der Waals surface area contributed by atoms with Gasteiger partial charge in [0.25, 0.3) is 5.56 Å². The molecule has 1 aromatic carbocycles. The summed E-state index contributed by atoms with van der Waals surface area (Å²) in [6.07, 6.45) is 3.04. The number of hydrogen-bond acceptors (Lipinski definition) is 8. The van der Waals surface area contributed by atoms with Crippen molar-refractivity contribution in [3.8, 4) is 11.5 Å². The molecule has 0 fully saturated rings. The molecule has 156 valence electrons. The van der Waals surface area contributed by atoms with Gasteiger partial charge in [0.2, 0.25) is 11.7 Å². The maximum absolute atomic E-state index is 11.7. The number of rotatable bonds is 10. The van der Waals surface area contributed by atoms with Crippen LogP contribution in [0.5, 0.6) is 11.5 Å². The van der Waals surface area contributed by atoms with E-state index in [1.54, 1.807) is 6.07 Å². The number of anilines is 1. The van der Waals surface area contributed by atoms with E-state index >= 15 is 0 Å². The Morgan fingerprint density at radius 2 is 2.14 bits per heavy atom. The van der Waals surface area contributed by atoms with Gasteiger partial charge in [0, 0.05) is 17.7 Å². The summed E-state index contributed by atoms with van der Waals surface area (Å²) in [6.45, 7) is 6.20. The molecular weight excluding hydrogens is 378 g/mol. The first kappa shape index (κ1) is 21.9. The molecule has 0 spiro atoms. The van der Waals surface area contributed by atoms with Gasteiger partial charge in [-0.05, 0) is 18.4 Å². The Balaban J connectivity index is 2.27. The number of aromatic nitrogens is 2. The molecule has 1 aromatic heterocycles. The second-order valence-electron chi connectivity index (χ2n) is 6.57. The number of H-pyrrole nitrogens is 1. The van der Waals surface area contributed by atoms with Gasteiger partial charge in [0.05, 0.1) is 30.5 Å². The molecule has 0 saturated heterocycles. The predicted octanol–water partition coefficient (Wildman–Crippen LogP) is 3.44. The zero-order valence-electron chi connectivity index (χ0n) is 16.9. The minimum atomic E-state index is -0.528. The van der Waals surface area contributed by atoms with Gasteiger partial charge in [-0.25, -0.2) is 10.4 Å². The van der Waals surface area contributed by atoms with Crippen molar-refractivity contribution in [1.29, 1.82) is 0 Å². The molecule has 0 bridgehead atoms. The summed E-state index contributed by atoms with van der Waals surface area (Å²) in [5.41, 5.74) is 3.17. The van der Waals surface area contributed by atoms with Crippen LogP contribution in [-0.2, 0) is 0 Å². The number of hydrogen-bond donors (Lipinski definition) is 2. The highest BCUT2D eigenvalue weighted by Gasteiger charge is 2.22. The molecule has 0 amide bonds. The number of nitrogens with one attached hydrogen (secondary N) is 2. The van der Waals surface area contributed by atoms with Crippen molar-refractivity contribution in [3.63, 3.8) is 0 Å². The van der Waals surface area contributed by atoms with Gasteiger partial charge in [-0.1, -0.05) is 27.2 Å². The van der Waals surface area contributed by atoms with Gasteiger partial charge in [-0.3, -0.25) is 19.9 Å². The van der Waals surface area contributed by atoms with E-state index in [4.69, 9.17) is 9.47 Å². The summed E-state index contributed by atoms with van der Waals surface area (Å²) in [5, 5.41) is 15.5. The number of aromatic amines is 1. The maximum atomic E-state index is 11.7. The van der Waals surface area contributed by atoms with Crippen LogP contribution in [0.1, 0.15) is 50.8 Å². The molecule has 0 atom stereocenters. The minimum Gasteiger partial charge on any atom is -0.493 e. The summed E-state index contributed by atoms with van der Waals surface area (Å²) in [5.74, 6) is 0.587. The SMILES string of the molecule is CCCCOc1c(OC)cc(/C=N\Nc2nc(C(C)C)cc(=O)[nH]2)cc1[N+](=O)[O-]. The Morgan fingerprint density at radius 3 is 2.76 bits per heavy atom. The van der Waals surface area contributed by atoms with Gasteiger partial charge >= 0.3 is 5.69 Å². The third kappa shape index (κ3) is 6.03. The Labute approximate surface area is 168 Å². The summed E-state index contributed by atoms with van der Waals surface area (Å²) in [7, 11) is 1.41. The first-order valence-corrected chi connectivity index (χ1v) is 9.25.